The molecule has 18 heavy (non-hydrogen) atoms. The first-order valence-electron chi connectivity index (χ1n) is 5.82. The average Bonchev–Trinajstić information content (AvgIpc) is 2.96. The number of nitro groups is 1. The zero-order valence-corrected chi connectivity index (χ0v) is 11.3. The smallest absolute Gasteiger partial charge is 0.321 e. The number of aromatic nitrogens is 1. The molecule has 1 aromatic heterocycles. The second-order valence-electron chi connectivity index (χ2n) is 4.44. The molecule has 0 bridgehead atoms. The van der Waals surface area contributed by atoms with Gasteiger partial charge in [0.1, 0.15) is 0 Å². The lowest BCUT2D eigenvalue weighted by Gasteiger charge is -2.17. The zero-order valence-electron chi connectivity index (χ0n) is 9.69. The van der Waals surface area contributed by atoms with Crippen molar-refractivity contribution in [2.75, 3.05) is 5.33 Å². The summed E-state index contributed by atoms with van der Waals surface area (Å²) in [6.07, 6.45) is 3.16. The first kappa shape index (κ1) is 13.1. The summed E-state index contributed by atoms with van der Waals surface area (Å²) in [5, 5.41) is 14.3. The van der Waals surface area contributed by atoms with Crippen LogP contribution in [0.3, 0.4) is 0 Å². The lowest BCUT2D eigenvalue weighted by molar-refractivity contribution is -0.389. The van der Waals surface area contributed by atoms with Crippen molar-refractivity contribution in [3.05, 3.63) is 27.9 Å². The van der Waals surface area contributed by atoms with Crippen molar-refractivity contribution in [3.8, 4) is 0 Å². The summed E-state index contributed by atoms with van der Waals surface area (Å²) in [5.41, 5.74) is 0.238. The first-order valence-corrected chi connectivity index (χ1v) is 6.94. The van der Waals surface area contributed by atoms with Gasteiger partial charge in [-0.2, -0.15) is 0 Å². The van der Waals surface area contributed by atoms with Gasteiger partial charge in [-0.1, -0.05) is 22.4 Å². The standard InChI is InChI=1S/C11H14BrN3O3/c12-6-7-2-1-3-8(7)14-11(16)9-4-5-10(13-9)15(17)18/h4-5,7-8,13H,1-3,6H2,(H,14,16). The highest BCUT2D eigenvalue weighted by atomic mass is 79.9. The maximum atomic E-state index is 11.9. The molecule has 1 aliphatic carbocycles. The van der Waals surface area contributed by atoms with Gasteiger partial charge in [-0.15, -0.1) is 0 Å². The zero-order chi connectivity index (χ0) is 13.1. The number of rotatable bonds is 4. The number of halogens is 1. The average molecular weight is 316 g/mol. The highest BCUT2D eigenvalue weighted by molar-refractivity contribution is 9.09. The number of amides is 1. The number of H-pyrrole nitrogens is 1. The van der Waals surface area contributed by atoms with E-state index in [1.807, 2.05) is 0 Å². The molecule has 2 unspecified atom stereocenters. The van der Waals surface area contributed by atoms with E-state index in [4.69, 9.17) is 0 Å². The van der Waals surface area contributed by atoms with Crippen LogP contribution in [0.1, 0.15) is 29.8 Å². The molecule has 0 radical (unpaired) electrons. The molecule has 1 aromatic rings. The molecule has 1 saturated carbocycles. The first-order chi connectivity index (χ1) is 8.61. The number of carbonyl (C=O) groups is 1. The molecule has 98 valence electrons. The highest BCUT2D eigenvalue weighted by Crippen LogP contribution is 2.27. The van der Waals surface area contributed by atoms with E-state index in [-0.39, 0.29) is 23.5 Å². The second-order valence-corrected chi connectivity index (χ2v) is 5.09. The fraction of sp³-hybridized carbons (Fsp3) is 0.545. The van der Waals surface area contributed by atoms with Crippen LogP contribution in [0.4, 0.5) is 5.82 Å². The molecule has 2 atom stereocenters. The number of nitrogens with zero attached hydrogens (tertiary/aromatic N) is 1. The minimum absolute atomic E-state index is 0.152. The topological polar surface area (TPSA) is 88.0 Å². The number of nitrogens with one attached hydrogen (secondary N) is 2. The molecule has 0 saturated heterocycles. The maximum Gasteiger partial charge on any atom is 0.321 e. The summed E-state index contributed by atoms with van der Waals surface area (Å²) >= 11 is 3.44. The van der Waals surface area contributed by atoms with Crippen molar-refractivity contribution < 1.29 is 9.72 Å². The third kappa shape index (κ3) is 2.72. The van der Waals surface area contributed by atoms with Crippen LogP contribution < -0.4 is 5.32 Å². The maximum absolute atomic E-state index is 11.9. The summed E-state index contributed by atoms with van der Waals surface area (Å²) in [6.45, 7) is 0. The summed E-state index contributed by atoms with van der Waals surface area (Å²) in [6, 6.07) is 2.89. The van der Waals surface area contributed by atoms with Crippen molar-refractivity contribution in [3.63, 3.8) is 0 Å². The molecule has 0 spiro atoms. The van der Waals surface area contributed by atoms with Crippen LogP contribution in [-0.2, 0) is 0 Å². The summed E-state index contributed by atoms with van der Waals surface area (Å²) < 4.78 is 0. The Morgan fingerprint density at radius 1 is 1.56 bits per heavy atom. The van der Waals surface area contributed by atoms with Crippen molar-refractivity contribution in [2.24, 2.45) is 5.92 Å². The van der Waals surface area contributed by atoms with E-state index >= 15 is 0 Å². The number of hydrogen-bond acceptors (Lipinski definition) is 3. The molecule has 1 heterocycles. The Bertz CT molecular complexity index is 460. The van der Waals surface area contributed by atoms with Crippen LogP contribution in [0.25, 0.3) is 0 Å². The second kappa shape index (κ2) is 5.51. The van der Waals surface area contributed by atoms with Crippen LogP contribution in [0.2, 0.25) is 0 Å². The number of hydrogen-bond donors (Lipinski definition) is 2. The van der Waals surface area contributed by atoms with E-state index in [0.717, 1.165) is 24.6 Å². The van der Waals surface area contributed by atoms with Crippen molar-refractivity contribution in [1.82, 2.24) is 10.3 Å². The van der Waals surface area contributed by atoms with Crippen LogP contribution in [0.5, 0.6) is 0 Å². The number of aromatic amines is 1. The molecule has 2 N–H and O–H groups in total. The molecule has 1 aliphatic rings. The van der Waals surface area contributed by atoms with E-state index in [1.54, 1.807) is 0 Å². The molecule has 2 rings (SSSR count). The largest absolute Gasteiger partial charge is 0.358 e. The summed E-state index contributed by atoms with van der Waals surface area (Å²) in [7, 11) is 0. The Balaban J connectivity index is 2.00. The normalized spacial score (nSPS) is 22.9. The fourth-order valence-corrected chi connectivity index (χ4v) is 3.06. The minimum Gasteiger partial charge on any atom is -0.358 e. The Kier molecular flexibility index (Phi) is 4.00. The Morgan fingerprint density at radius 3 is 2.94 bits per heavy atom. The van der Waals surface area contributed by atoms with Crippen LogP contribution in [0, 0.1) is 16.0 Å². The molecule has 1 fully saturated rings. The SMILES string of the molecule is O=C(NC1CCCC1CBr)c1ccc([N+](=O)[O-])[nH]1. The van der Waals surface area contributed by atoms with Gasteiger partial charge in [0, 0.05) is 17.4 Å². The van der Waals surface area contributed by atoms with Crippen molar-refractivity contribution in [1.29, 1.82) is 0 Å². The van der Waals surface area contributed by atoms with Crippen LogP contribution in [-0.4, -0.2) is 27.2 Å². The van der Waals surface area contributed by atoms with Gasteiger partial charge in [-0.3, -0.25) is 4.79 Å². The van der Waals surface area contributed by atoms with Gasteiger partial charge >= 0.3 is 5.82 Å². The highest BCUT2D eigenvalue weighted by Gasteiger charge is 2.29. The predicted octanol–water partition coefficient (Wildman–Crippen LogP) is 2.22. The molecule has 6 nitrogen and oxygen atoms in total. The van der Waals surface area contributed by atoms with Gasteiger partial charge in [0.15, 0.2) is 5.69 Å². The number of alkyl halides is 1. The number of carbonyl (C=O) groups excluding carboxylic acids is 1. The quantitative estimate of drug-likeness (QED) is 0.507. The van der Waals surface area contributed by atoms with E-state index in [2.05, 4.69) is 26.2 Å². The van der Waals surface area contributed by atoms with Gasteiger partial charge in [-0.25, -0.2) is 4.98 Å². The van der Waals surface area contributed by atoms with E-state index in [9.17, 15) is 14.9 Å². The molecular formula is C11H14BrN3O3. The molecular weight excluding hydrogens is 302 g/mol. The lowest BCUT2D eigenvalue weighted by atomic mass is 10.1. The molecule has 7 heteroatoms. The third-order valence-electron chi connectivity index (χ3n) is 3.29. The van der Waals surface area contributed by atoms with E-state index < -0.39 is 4.92 Å². The van der Waals surface area contributed by atoms with Gasteiger partial charge in [0.05, 0.1) is 0 Å². The van der Waals surface area contributed by atoms with Crippen LogP contribution in [0.15, 0.2) is 12.1 Å². The molecule has 0 aliphatic heterocycles. The van der Waals surface area contributed by atoms with Gasteiger partial charge < -0.3 is 15.4 Å². The van der Waals surface area contributed by atoms with E-state index in [0.29, 0.717) is 5.92 Å². The van der Waals surface area contributed by atoms with Gasteiger partial charge in [0.25, 0.3) is 5.91 Å². The summed E-state index contributed by atoms with van der Waals surface area (Å²) in [4.78, 5) is 24.4. The monoisotopic (exact) mass is 315 g/mol. The summed E-state index contributed by atoms with van der Waals surface area (Å²) in [5.74, 6) is 0.00321. The van der Waals surface area contributed by atoms with Crippen molar-refractivity contribution in [2.45, 2.75) is 25.3 Å². The Labute approximate surface area is 112 Å². The minimum atomic E-state index is -0.548. The molecule has 1 amide bonds. The van der Waals surface area contributed by atoms with Gasteiger partial charge in [-0.05, 0) is 29.7 Å². The van der Waals surface area contributed by atoms with E-state index in [1.165, 1.54) is 12.1 Å². The third-order valence-corrected chi connectivity index (χ3v) is 4.12. The molecule has 0 aromatic carbocycles. The van der Waals surface area contributed by atoms with Crippen LogP contribution >= 0.6 is 15.9 Å². The fourth-order valence-electron chi connectivity index (χ4n) is 2.28. The lowest BCUT2D eigenvalue weighted by Crippen LogP contribution is -2.38. The van der Waals surface area contributed by atoms with Gasteiger partial charge in [0.2, 0.25) is 0 Å². The Morgan fingerprint density at radius 2 is 2.33 bits per heavy atom. The predicted molar refractivity (Wildman–Crippen MR) is 69.8 cm³/mol. The Hall–Kier alpha value is -1.37. The van der Waals surface area contributed by atoms with Crippen molar-refractivity contribution >= 4 is 27.7 Å².